The molecule has 32 heavy (non-hydrogen) atoms. The van der Waals surface area contributed by atoms with Crippen LogP contribution in [0.4, 0.5) is 0 Å². The van der Waals surface area contributed by atoms with Gasteiger partial charge in [0.2, 0.25) is 0 Å². The van der Waals surface area contributed by atoms with E-state index >= 15 is 0 Å². The monoisotopic (exact) mass is 465 g/mol. The van der Waals surface area contributed by atoms with E-state index in [9.17, 15) is 4.79 Å². The van der Waals surface area contributed by atoms with E-state index in [0.717, 1.165) is 24.2 Å². The number of aromatic nitrogens is 2. The third-order valence-corrected chi connectivity index (χ3v) is 6.34. The largest absolute Gasteiger partial charge is 0.437 e. The molecule has 1 amide bonds. The molecule has 0 fully saturated rings. The van der Waals surface area contributed by atoms with E-state index in [1.807, 2.05) is 24.3 Å². The first-order valence-electron chi connectivity index (χ1n) is 10.7. The molecule has 2 aromatic carbocycles. The van der Waals surface area contributed by atoms with Crippen molar-refractivity contribution >= 4 is 29.3 Å². The minimum absolute atomic E-state index is 0.0774. The van der Waals surface area contributed by atoms with Crippen molar-refractivity contribution in [3.8, 4) is 11.6 Å². The molecule has 3 aromatic rings. The average molecular weight is 466 g/mol. The highest BCUT2D eigenvalue weighted by molar-refractivity contribution is 7.99. The number of carbonyl (C=O) groups excluding carboxylic acids is 1. The molecule has 4 rings (SSSR count). The van der Waals surface area contributed by atoms with Crippen molar-refractivity contribution in [3.05, 3.63) is 83.2 Å². The average Bonchev–Trinajstić information content (AvgIpc) is 2.83. The number of amides is 1. The Labute approximate surface area is 197 Å². The topological polar surface area (TPSA) is 64.1 Å². The van der Waals surface area contributed by atoms with Gasteiger partial charge in [-0.15, -0.1) is 0 Å². The maximum absolute atomic E-state index is 12.4. The van der Waals surface area contributed by atoms with Gasteiger partial charge >= 0.3 is 0 Å². The van der Waals surface area contributed by atoms with Crippen molar-refractivity contribution in [3.63, 3.8) is 0 Å². The van der Waals surface area contributed by atoms with Gasteiger partial charge in [0.25, 0.3) is 11.8 Å². The summed E-state index contributed by atoms with van der Waals surface area (Å²) in [5, 5.41) is 4.33. The minimum atomic E-state index is -0.0774. The Morgan fingerprint density at radius 1 is 1.03 bits per heavy atom. The van der Waals surface area contributed by atoms with Crippen LogP contribution in [0.25, 0.3) is 0 Å². The number of benzene rings is 2. The molecule has 0 saturated heterocycles. The summed E-state index contributed by atoms with van der Waals surface area (Å²) in [6, 6.07) is 14.6. The highest BCUT2D eigenvalue weighted by Gasteiger charge is 2.12. The second kappa shape index (κ2) is 11.2. The van der Waals surface area contributed by atoms with Crippen molar-refractivity contribution in [2.24, 2.45) is 0 Å². The number of hydrogen-bond acceptors (Lipinski definition) is 5. The van der Waals surface area contributed by atoms with Gasteiger partial charge in [-0.1, -0.05) is 35.0 Å². The predicted molar refractivity (Wildman–Crippen MR) is 128 cm³/mol. The first-order chi connectivity index (χ1) is 15.7. The fraction of sp³-hybridized carbons (Fsp3) is 0.240. The van der Waals surface area contributed by atoms with Crippen molar-refractivity contribution in [1.29, 1.82) is 0 Å². The number of halogens is 1. The summed E-state index contributed by atoms with van der Waals surface area (Å²) in [5.74, 6) is 0.921. The Morgan fingerprint density at radius 3 is 2.56 bits per heavy atom. The lowest BCUT2D eigenvalue weighted by Gasteiger charge is -2.13. The molecule has 1 aliphatic rings. The van der Waals surface area contributed by atoms with Gasteiger partial charge in [0.15, 0.2) is 5.03 Å². The summed E-state index contributed by atoms with van der Waals surface area (Å²) in [6.07, 6.45) is 11.3. The van der Waals surface area contributed by atoms with Crippen LogP contribution in [-0.4, -0.2) is 22.4 Å². The zero-order valence-corrected chi connectivity index (χ0v) is 19.2. The zero-order chi connectivity index (χ0) is 22.2. The maximum atomic E-state index is 12.4. The van der Waals surface area contributed by atoms with Gasteiger partial charge in [-0.05, 0) is 80.6 Å². The molecule has 0 radical (unpaired) electrons. The lowest BCUT2D eigenvalue weighted by molar-refractivity contribution is 0.0954. The van der Waals surface area contributed by atoms with E-state index in [-0.39, 0.29) is 5.91 Å². The van der Waals surface area contributed by atoms with Crippen LogP contribution in [0.1, 0.15) is 42.5 Å². The van der Waals surface area contributed by atoms with Crippen molar-refractivity contribution in [2.45, 2.75) is 42.0 Å². The Hall–Kier alpha value is -2.83. The van der Waals surface area contributed by atoms with Gasteiger partial charge in [0, 0.05) is 34.4 Å². The zero-order valence-electron chi connectivity index (χ0n) is 17.6. The van der Waals surface area contributed by atoms with Crippen LogP contribution < -0.4 is 10.1 Å². The van der Waals surface area contributed by atoms with Crippen molar-refractivity contribution < 1.29 is 9.53 Å². The molecule has 1 aromatic heterocycles. The Kier molecular flexibility index (Phi) is 7.80. The smallest absolute Gasteiger partial charge is 0.252 e. The first-order valence-corrected chi connectivity index (χ1v) is 11.9. The molecule has 0 aliphatic heterocycles. The quantitative estimate of drug-likeness (QED) is 0.375. The number of carbonyl (C=O) groups is 1. The van der Waals surface area contributed by atoms with Gasteiger partial charge in [-0.3, -0.25) is 4.79 Å². The molecule has 7 heteroatoms. The molecule has 0 unspecified atom stereocenters. The van der Waals surface area contributed by atoms with E-state index in [4.69, 9.17) is 16.3 Å². The number of ether oxygens (including phenoxy) is 1. The highest BCUT2D eigenvalue weighted by atomic mass is 35.5. The molecule has 1 aliphatic carbocycles. The number of allylic oxidation sites excluding steroid dienone is 1. The van der Waals surface area contributed by atoms with Gasteiger partial charge in [0.1, 0.15) is 5.75 Å². The van der Waals surface area contributed by atoms with E-state index in [0.29, 0.717) is 33.8 Å². The van der Waals surface area contributed by atoms with Crippen molar-refractivity contribution in [1.82, 2.24) is 15.3 Å². The molecule has 0 saturated carbocycles. The number of rotatable bonds is 8. The fourth-order valence-corrected chi connectivity index (χ4v) is 4.34. The Balaban J connectivity index is 1.35. The number of nitrogens with one attached hydrogen (secondary N) is 1. The first kappa shape index (κ1) is 22.4. The van der Waals surface area contributed by atoms with Crippen LogP contribution >= 0.6 is 23.4 Å². The molecular formula is C25H24ClN3O2S. The molecule has 0 spiro atoms. The van der Waals surface area contributed by atoms with Crippen molar-refractivity contribution in [2.75, 3.05) is 6.54 Å². The number of nitrogens with zero attached hydrogens (tertiary/aromatic N) is 2. The summed E-state index contributed by atoms with van der Waals surface area (Å²) >= 11 is 7.40. The van der Waals surface area contributed by atoms with Crippen LogP contribution in [0.3, 0.4) is 0 Å². The van der Waals surface area contributed by atoms with E-state index < -0.39 is 0 Å². The molecule has 5 nitrogen and oxygen atoms in total. The van der Waals surface area contributed by atoms with Gasteiger partial charge in [-0.25, -0.2) is 9.97 Å². The standard InChI is InChI=1S/C25H24ClN3O2S/c26-20-8-12-22(13-9-20)32-25-24(28-16-17-29-25)31-21-10-6-19(7-11-21)23(30)27-15-14-18-4-2-1-3-5-18/h4,6-13,16-17H,1-3,5,14-15H2,(H,27,30). The minimum Gasteiger partial charge on any atom is -0.437 e. The van der Waals surface area contributed by atoms with Gasteiger partial charge in [0.05, 0.1) is 0 Å². The lowest BCUT2D eigenvalue weighted by Crippen LogP contribution is -2.24. The third kappa shape index (κ3) is 6.34. The summed E-state index contributed by atoms with van der Waals surface area (Å²) in [6.45, 7) is 0.661. The van der Waals surface area contributed by atoms with Gasteiger partial charge in [-0.2, -0.15) is 0 Å². The van der Waals surface area contributed by atoms with Crippen LogP contribution in [0, 0.1) is 0 Å². The molecular weight excluding hydrogens is 442 g/mol. The second-order valence-corrected chi connectivity index (χ2v) is 8.96. The van der Waals surface area contributed by atoms with E-state index in [1.165, 1.54) is 30.2 Å². The maximum Gasteiger partial charge on any atom is 0.252 e. The Bertz CT molecular complexity index is 1090. The fourth-order valence-electron chi connectivity index (χ4n) is 3.42. The molecule has 1 heterocycles. The highest BCUT2D eigenvalue weighted by Crippen LogP contribution is 2.34. The van der Waals surface area contributed by atoms with Crippen LogP contribution in [0.2, 0.25) is 5.02 Å². The summed E-state index contributed by atoms with van der Waals surface area (Å²) in [4.78, 5) is 22.1. The molecule has 164 valence electrons. The van der Waals surface area contributed by atoms with Crippen LogP contribution in [-0.2, 0) is 0 Å². The SMILES string of the molecule is O=C(NCCC1=CCCCC1)c1ccc(Oc2nccnc2Sc2ccc(Cl)cc2)cc1. The normalized spacial score (nSPS) is 13.3. The predicted octanol–water partition coefficient (Wildman–Crippen LogP) is 6.69. The second-order valence-electron chi connectivity index (χ2n) is 7.46. The Morgan fingerprint density at radius 2 is 1.81 bits per heavy atom. The van der Waals surface area contributed by atoms with E-state index in [1.54, 1.807) is 36.7 Å². The summed E-state index contributed by atoms with van der Waals surface area (Å²) < 4.78 is 5.94. The molecule has 0 atom stereocenters. The molecule has 0 bridgehead atoms. The summed E-state index contributed by atoms with van der Waals surface area (Å²) in [5.41, 5.74) is 2.06. The van der Waals surface area contributed by atoms with Crippen LogP contribution in [0.15, 0.2) is 82.5 Å². The number of hydrogen-bond donors (Lipinski definition) is 1. The summed E-state index contributed by atoms with van der Waals surface area (Å²) in [7, 11) is 0. The van der Waals surface area contributed by atoms with E-state index in [2.05, 4.69) is 21.4 Å². The van der Waals surface area contributed by atoms with Crippen LogP contribution in [0.5, 0.6) is 11.6 Å². The lowest BCUT2D eigenvalue weighted by atomic mass is 9.97. The third-order valence-electron chi connectivity index (χ3n) is 5.11. The molecule has 1 N–H and O–H groups in total. The van der Waals surface area contributed by atoms with Gasteiger partial charge < -0.3 is 10.1 Å².